The third-order valence-electron chi connectivity index (χ3n) is 2.23. The van der Waals surface area contributed by atoms with Gasteiger partial charge >= 0.3 is 0 Å². The van der Waals surface area contributed by atoms with Crippen molar-refractivity contribution in [3.05, 3.63) is 29.9 Å². The van der Waals surface area contributed by atoms with E-state index in [0.717, 1.165) is 5.69 Å². The Morgan fingerprint density at radius 1 is 1.59 bits per heavy atom. The zero-order chi connectivity index (χ0) is 12.1. The van der Waals surface area contributed by atoms with Crippen molar-refractivity contribution < 1.29 is 9.26 Å². The van der Waals surface area contributed by atoms with E-state index in [1.807, 2.05) is 6.92 Å². The summed E-state index contributed by atoms with van der Waals surface area (Å²) in [6.45, 7) is 2.87. The Kier molecular flexibility index (Phi) is 3.84. The van der Waals surface area contributed by atoms with E-state index in [4.69, 9.17) is 15.0 Å². The summed E-state index contributed by atoms with van der Waals surface area (Å²) in [5.41, 5.74) is 6.88. The first-order valence-corrected chi connectivity index (χ1v) is 5.42. The highest BCUT2D eigenvalue weighted by atomic mass is 16.5. The molecule has 0 radical (unpaired) electrons. The lowest BCUT2D eigenvalue weighted by Gasteiger charge is -2.03. The van der Waals surface area contributed by atoms with Crippen LogP contribution in [0.25, 0.3) is 0 Å². The maximum Gasteiger partial charge on any atom is 0.244 e. The smallest absolute Gasteiger partial charge is 0.244 e. The molecule has 7 heteroatoms. The van der Waals surface area contributed by atoms with Crippen LogP contribution in [0.15, 0.2) is 17.0 Å². The first-order valence-electron chi connectivity index (χ1n) is 5.42. The van der Waals surface area contributed by atoms with Crippen LogP contribution in [-0.4, -0.2) is 26.7 Å². The maximum absolute atomic E-state index is 5.94. The molecule has 0 bridgehead atoms. The minimum atomic E-state index is -0.335. The summed E-state index contributed by atoms with van der Waals surface area (Å²) in [6.07, 6.45) is 3.91. The molecule has 0 saturated heterocycles. The lowest BCUT2D eigenvalue weighted by Crippen LogP contribution is -2.14. The third kappa shape index (κ3) is 3.11. The van der Waals surface area contributed by atoms with Crippen LogP contribution < -0.4 is 5.73 Å². The molecule has 2 aromatic heterocycles. The number of aromatic nitrogens is 4. The quantitative estimate of drug-likeness (QED) is 0.761. The minimum absolute atomic E-state index is 0.335. The van der Waals surface area contributed by atoms with Gasteiger partial charge in [0.2, 0.25) is 5.89 Å². The summed E-state index contributed by atoms with van der Waals surface area (Å²) < 4.78 is 10.2. The molecular formula is C10H15N5O2. The van der Waals surface area contributed by atoms with E-state index in [2.05, 4.69) is 20.1 Å². The number of nitrogens with two attached hydrogens (primary N) is 1. The van der Waals surface area contributed by atoms with Crippen LogP contribution in [0.3, 0.4) is 0 Å². The van der Waals surface area contributed by atoms with E-state index in [-0.39, 0.29) is 6.04 Å². The van der Waals surface area contributed by atoms with Gasteiger partial charge in [-0.05, 0) is 6.92 Å². The topological polar surface area (TPSA) is 103 Å². The third-order valence-corrected chi connectivity index (χ3v) is 2.23. The SMILES string of the molecule is CCOCc1noc([C@@H](N)Cc2cnc[nH]2)n1. The minimum Gasteiger partial charge on any atom is -0.374 e. The molecule has 0 saturated carbocycles. The number of hydrogen-bond acceptors (Lipinski definition) is 6. The molecule has 92 valence electrons. The van der Waals surface area contributed by atoms with Gasteiger partial charge in [-0.2, -0.15) is 4.98 Å². The van der Waals surface area contributed by atoms with Crippen LogP contribution in [0.2, 0.25) is 0 Å². The number of imidazole rings is 1. The zero-order valence-electron chi connectivity index (χ0n) is 9.59. The largest absolute Gasteiger partial charge is 0.374 e. The van der Waals surface area contributed by atoms with Crippen molar-refractivity contribution in [1.82, 2.24) is 20.1 Å². The molecule has 0 aliphatic heterocycles. The molecule has 0 unspecified atom stereocenters. The molecule has 7 nitrogen and oxygen atoms in total. The van der Waals surface area contributed by atoms with Crippen molar-refractivity contribution in [2.24, 2.45) is 5.73 Å². The number of nitrogens with one attached hydrogen (secondary N) is 1. The fraction of sp³-hybridized carbons (Fsp3) is 0.500. The summed E-state index contributed by atoms with van der Waals surface area (Å²) in [7, 11) is 0. The second-order valence-electron chi connectivity index (χ2n) is 3.57. The van der Waals surface area contributed by atoms with Gasteiger partial charge in [0.25, 0.3) is 0 Å². The molecule has 3 N–H and O–H groups in total. The van der Waals surface area contributed by atoms with Crippen LogP contribution in [0.4, 0.5) is 0 Å². The normalized spacial score (nSPS) is 12.8. The van der Waals surface area contributed by atoms with Gasteiger partial charge in [-0.1, -0.05) is 5.16 Å². The molecule has 0 aromatic carbocycles. The van der Waals surface area contributed by atoms with E-state index in [9.17, 15) is 0 Å². The Hall–Kier alpha value is -1.73. The Morgan fingerprint density at radius 3 is 3.18 bits per heavy atom. The molecule has 0 fully saturated rings. The Balaban J connectivity index is 1.94. The van der Waals surface area contributed by atoms with Crippen LogP contribution in [0, 0.1) is 0 Å². The van der Waals surface area contributed by atoms with Crippen molar-refractivity contribution in [2.75, 3.05) is 6.61 Å². The molecule has 2 rings (SSSR count). The fourth-order valence-electron chi connectivity index (χ4n) is 1.39. The van der Waals surface area contributed by atoms with Gasteiger partial charge in [0.1, 0.15) is 6.61 Å². The van der Waals surface area contributed by atoms with E-state index in [1.165, 1.54) is 0 Å². The zero-order valence-corrected chi connectivity index (χ0v) is 9.59. The molecule has 0 aliphatic rings. The standard InChI is InChI=1S/C10H15N5O2/c1-2-16-5-9-14-10(17-15-9)8(11)3-7-4-12-6-13-7/h4,6,8H,2-3,5,11H2,1H3,(H,12,13)/t8-/m0/s1. The highest BCUT2D eigenvalue weighted by Crippen LogP contribution is 2.12. The maximum atomic E-state index is 5.94. The number of rotatable bonds is 6. The van der Waals surface area contributed by atoms with Crippen molar-refractivity contribution in [1.29, 1.82) is 0 Å². The summed E-state index contributed by atoms with van der Waals surface area (Å²) in [5.74, 6) is 0.927. The number of aromatic amines is 1. The molecule has 17 heavy (non-hydrogen) atoms. The fourth-order valence-corrected chi connectivity index (χ4v) is 1.39. The number of ether oxygens (including phenoxy) is 1. The van der Waals surface area contributed by atoms with Crippen LogP contribution in [0.1, 0.15) is 30.4 Å². The number of nitrogens with zero attached hydrogens (tertiary/aromatic N) is 3. The van der Waals surface area contributed by atoms with Crippen molar-refractivity contribution in [2.45, 2.75) is 26.0 Å². The van der Waals surface area contributed by atoms with E-state index >= 15 is 0 Å². The van der Waals surface area contributed by atoms with E-state index < -0.39 is 0 Å². The van der Waals surface area contributed by atoms with Gasteiger partial charge in [-0.25, -0.2) is 4.98 Å². The first kappa shape index (κ1) is 11.7. The lowest BCUT2D eigenvalue weighted by molar-refractivity contribution is 0.126. The molecule has 1 atom stereocenters. The lowest BCUT2D eigenvalue weighted by atomic mass is 10.2. The molecule has 2 aromatic rings. The Bertz CT molecular complexity index is 439. The Morgan fingerprint density at radius 2 is 2.47 bits per heavy atom. The highest BCUT2D eigenvalue weighted by molar-refractivity contribution is 5.01. The van der Waals surface area contributed by atoms with Gasteiger partial charge < -0.3 is 20.0 Å². The predicted octanol–water partition coefficient (Wildman–Crippen LogP) is 0.572. The van der Waals surface area contributed by atoms with Crippen LogP contribution in [-0.2, 0) is 17.8 Å². The van der Waals surface area contributed by atoms with E-state index in [1.54, 1.807) is 12.5 Å². The Labute approximate surface area is 98.4 Å². The highest BCUT2D eigenvalue weighted by Gasteiger charge is 2.15. The molecule has 0 aliphatic carbocycles. The monoisotopic (exact) mass is 237 g/mol. The average Bonchev–Trinajstić information content (AvgIpc) is 2.96. The summed E-state index contributed by atoms with van der Waals surface area (Å²) in [4.78, 5) is 11.1. The summed E-state index contributed by atoms with van der Waals surface area (Å²) >= 11 is 0. The van der Waals surface area contributed by atoms with Crippen molar-refractivity contribution in [3.63, 3.8) is 0 Å². The average molecular weight is 237 g/mol. The van der Waals surface area contributed by atoms with Crippen LogP contribution >= 0.6 is 0 Å². The second kappa shape index (κ2) is 5.55. The van der Waals surface area contributed by atoms with Crippen molar-refractivity contribution in [3.8, 4) is 0 Å². The van der Waals surface area contributed by atoms with Crippen LogP contribution in [0.5, 0.6) is 0 Å². The number of hydrogen-bond donors (Lipinski definition) is 2. The molecular weight excluding hydrogens is 222 g/mol. The van der Waals surface area contributed by atoms with Crippen molar-refractivity contribution >= 4 is 0 Å². The summed E-state index contributed by atoms with van der Waals surface area (Å²) in [5, 5.41) is 3.79. The summed E-state index contributed by atoms with van der Waals surface area (Å²) in [6, 6.07) is -0.335. The van der Waals surface area contributed by atoms with Gasteiger partial charge in [0.15, 0.2) is 5.82 Å². The number of H-pyrrole nitrogens is 1. The van der Waals surface area contributed by atoms with E-state index in [0.29, 0.717) is 31.3 Å². The van der Waals surface area contributed by atoms with Gasteiger partial charge in [-0.15, -0.1) is 0 Å². The predicted molar refractivity (Wildman–Crippen MR) is 58.8 cm³/mol. The van der Waals surface area contributed by atoms with Gasteiger partial charge in [0, 0.05) is 24.9 Å². The van der Waals surface area contributed by atoms with Gasteiger partial charge in [0.05, 0.1) is 12.4 Å². The second-order valence-corrected chi connectivity index (χ2v) is 3.57. The molecule has 2 heterocycles. The first-order chi connectivity index (χ1) is 8.29. The molecule has 0 amide bonds. The van der Waals surface area contributed by atoms with Gasteiger partial charge in [-0.3, -0.25) is 0 Å². The molecule has 0 spiro atoms.